The second-order valence-electron chi connectivity index (χ2n) is 7.45. The smallest absolute Gasteiger partial charge is 0.264 e. The van der Waals surface area contributed by atoms with E-state index in [1.807, 2.05) is 0 Å². The molecule has 0 bridgehead atoms. The molecule has 1 amide bonds. The predicted molar refractivity (Wildman–Crippen MR) is 115 cm³/mol. The summed E-state index contributed by atoms with van der Waals surface area (Å²) in [6.45, 7) is 1.56. The fourth-order valence-electron chi connectivity index (χ4n) is 3.55. The molecule has 2 aromatic carbocycles. The molecule has 1 heterocycles. The molecule has 2 atom stereocenters. The first-order chi connectivity index (χ1) is 14.6. The van der Waals surface area contributed by atoms with Gasteiger partial charge in [0.15, 0.2) is 0 Å². The van der Waals surface area contributed by atoms with Crippen molar-refractivity contribution >= 4 is 39.1 Å². The van der Waals surface area contributed by atoms with Crippen LogP contribution in [0.2, 0.25) is 10.0 Å². The summed E-state index contributed by atoms with van der Waals surface area (Å²) in [4.78, 5) is 12.1. The van der Waals surface area contributed by atoms with Gasteiger partial charge in [0.05, 0.1) is 10.5 Å². The van der Waals surface area contributed by atoms with E-state index in [0.717, 1.165) is 9.87 Å². The third kappa shape index (κ3) is 5.14. The Morgan fingerprint density at radius 3 is 2.55 bits per heavy atom. The number of halogens is 2. The monoisotopic (exact) mass is 488 g/mol. The van der Waals surface area contributed by atoms with Crippen molar-refractivity contribution in [2.24, 2.45) is 0 Å². The standard InChI is InChI=1S/C20H22Cl2N2O6S/c1-20(26)9-2-10-24(18(20)19(25)23-27)31(28,29)16-7-5-15(6-8-16)30-12-13-3-4-14(21)11-17(13)22/h3-8,11,18,26-27H,2,9-10,12H2,1H3,(H,23,25). The second kappa shape index (κ2) is 9.32. The molecule has 11 heteroatoms. The zero-order valence-electron chi connectivity index (χ0n) is 16.6. The highest BCUT2D eigenvalue weighted by Gasteiger charge is 2.49. The quantitative estimate of drug-likeness (QED) is 0.425. The Kier molecular flexibility index (Phi) is 7.14. The van der Waals surface area contributed by atoms with Crippen molar-refractivity contribution in [2.75, 3.05) is 6.54 Å². The average Bonchev–Trinajstić information content (AvgIpc) is 2.72. The van der Waals surface area contributed by atoms with E-state index in [9.17, 15) is 18.3 Å². The van der Waals surface area contributed by atoms with Crippen LogP contribution in [0.25, 0.3) is 0 Å². The van der Waals surface area contributed by atoms with Crippen molar-refractivity contribution in [1.29, 1.82) is 0 Å². The molecule has 0 saturated carbocycles. The SMILES string of the molecule is CC1(O)CCCN(S(=O)(=O)c2ccc(OCc3ccc(Cl)cc3Cl)cc2)C1C(=O)NO. The van der Waals surface area contributed by atoms with Gasteiger partial charge in [-0.3, -0.25) is 10.0 Å². The van der Waals surface area contributed by atoms with Crippen molar-refractivity contribution in [1.82, 2.24) is 9.79 Å². The molecule has 1 aliphatic heterocycles. The number of carbonyl (C=O) groups excluding carboxylic acids is 1. The Labute approximate surface area is 190 Å². The number of ether oxygens (including phenoxy) is 1. The molecule has 3 N–H and O–H groups in total. The van der Waals surface area contributed by atoms with Gasteiger partial charge >= 0.3 is 0 Å². The lowest BCUT2D eigenvalue weighted by atomic mass is 9.87. The lowest BCUT2D eigenvalue weighted by Gasteiger charge is -2.42. The number of hydrogen-bond acceptors (Lipinski definition) is 6. The molecule has 1 aliphatic rings. The number of rotatable bonds is 6. The van der Waals surface area contributed by atoms with Crippen molar-refractivity contribution in [3.63, 3.8) is 0 Å². The van der Waals surface area contributed by atoms with E-state index in [-0.39, 0.29) is 24.5 Å². The minimum Gasteiger partial charge on any atom is -0.489 e. The number of piperidine rings is 1. The van der Waals surface area contributed by atoms with E-state index in [1.54, 1.807) is 18.2 Å². The average molecular weight is 489 g/mol. The summed E-state index contributed by atoms with van der Waals surface area (Å²) in [5.74, 6) is -0.576. The summed E-state index contributed by atoms with van der Waals surface area (Å²) >= 11 is 12.0. The summed E-state index contributed by atoms with van der Waals surface area (Å²) in [7, 11) is -4.12. The van der Waals surface area contributed by atoms with Gasteiger partial charge in [-0.25, -0.2) is 13.9 Å². The second-order valence-corrected chi connectivity index (χ2v) is 10.2. The van der Waals surface area contributed by atoms with Crippen LogP contribution in [0.3, 0.4) is 0 Å². The molecule has 0 radical (unpaired) electrons. The van der Waals surface area contributed by atoms with E-state index in [0.29, 0.717) is 22.2 Å². The Hall–Kier alpha value is -1.88. The number of hydrogen-bond donors (Lipinski definition) is 3. The molecule has 3 rings (SSSR count). The van der Waals surface area contributed by atoms with Crippen LogP contribution in [-0.4, -0.2) is 47.1 Å². The normalized spacial score (nSPS) is 22.2. The number of hydroxylamine groups is 1. The van der Waals surface area contributed by atoms with Crippen LogP contribution in [0, 0.1) is 0 Å². The van der Waals surface area contributed by atoms with Crippen LogP contribution >= 0.6 is 23.2 Å². The van der Waals surface area contributed by atoms with Gasteiger partial charge in [-0.1, -0.05) is 29.3 Å². The number of sulfonamides is 1. The minimum atomic E-state index is -4.12. The molecule has 0 spiro atoms. The van der Waals surface area contributed by atoms with Crippen molar-refractivity contribution < 1.29 is 28.3 Å². The highest BCUT2D eigenvalue weighted by molar-refractivity contribution is 7.89. The van der Waals surface area contributed by atoms with Crippen LogP contribution in [0.15, 0.2) is 47.4 Å². The summed E-state index contributed by atoms with van der Waals surface area (Å²) in [6, 6.07) is 9.24. The summed E-state index contributed by atoms with van der Waals surface area (Å²) < 4.78 is 32.9. The van der Waals surface area contributed by atoms with E-state index in [4.69, 9.17) is 33.1 Å². The van der Waals surface area contributed by atoms with Crippen LogP contribution in [0.1, 0.15) is 25.3 Å². The molecule has 8 nitrogen and oxygen atoms in total. The fourth-order valence-corrected chi connectivity index (χ4v) is 5.73. The first kappa shape index (κ1) is 23.8. The third-order valence-corrected chi connectivity index (χ3v) is 7.60. The van der Waals surface area contributed by atoms with E-state index in [2.05, 4.69) is 0 Å². The maximum Gasteiger partial charge on any atom is 0.264 e. The number of amides is 1. The molecule has 1 fully saturated rings. The van der Waals surface area contributed by atoms with Gasteiger partial charge in [0.1, 0.15) is 18.4 Å². The third-order valence-electron chi connectivity index (χ3n) is 5.14. The molecular weight excluding hydrogens is 467 g/mol. The maximum absolute atomic E-state index is 13.2. The van der Waals surface area contributed by atoms with E-state index < -0.39 is 27.6 Å². The Bertz CT molecular complexity index is 1060. The van der Waals surface area contributed by atoms with Gasteiger partial charge in [-0.05, 0) is 56.2 Å². The molecule has 2 aromatic rings. The zero-order chi connectivity index (χ0) is 22.8. The van der Waals surface area contributed by atoms with Gasteiger partial charge in [0, 0.05) is 22.2 Å². The number of nitrogens with zero attached hydrogens (tertiary/aromatic N) is 1. The van der Waals surface area contributed by atoms with Crippen LogP contribution in [-0.2, 0) is 21.4 Å². The predicted octanol–water partition coefficient (Wildman–Crippen LogP) is 2.98. The fraction of sp³-hybridized carbons (Fsp3) is 0.350. The number of aliphatic hydroxyl groups is 1. The van der Waals surface area contributed by atoms with Crippen molar-refractivity contribution in [2.45, 2.75) is 42.9 Å². The molecule has 0 aromatic heterocycles. The first-order valence-electron chi connectivity index (χ1n) is 9.41. The number of benzene rings is 2. The van der Waals surface area contributed by atoms with Crippen LogP contribution < -0.4 is 10.2 Å². The first-order valence-corrected chi connectivity index (χ1v) is 11.6. The summed E-state index contributed by atoms with van der Waals surface area (Å²) in [5, 5.41) is 20.6. The number of nitrogens with one attached hydrogen (secondary N) is 1. The minimum absolute atomic E-state index is 0.0316. The summed E-state index contributed by atoms with van der Waals surface area (Å²) in [5.41, 5.74) is 0.542. The Balaban J connectivity index is 1.79. The topological polar surface area (TPSA) is 116 Å². The molecule has 0 aliphatic carbocycles. The van der Waals surface area contributed by atoms with Gasteiger partial charge in [-0.15, -0.1) is 0 Å². The Morgan fingerprint density at radius 2 is 1.94 bits per heavy atom. The van der Waals surface area contributed by atoms with Gasteiger partial charge in [-0.2, -0.15) is 4.31 Å². The highest BCUT2D eigenvalue weighted by atomic mass is 35.5. The Morgan fingerprint density at radius 1 is 1.26 bits per heavy atom. The molecule has 1 saturated heterocycles. The lowest BCUT2D eigenvalue weighted by Crippen LogP contribution is -2.62. The van der Waals surface area contributed by atoms with Crippen molar-refractivity contribution in [3.05, 3.63) is 58.1 Å². The number of carbonyl (C=O) groups is 1. The molecule has 31 heavy (non-hydrogen) atoms. The van der Waals surface area contributed by atoms with Crippen molar-refractivity contribution in [3.8, 4) is 5.75 Å². The molecule has 168 valence electrons. The van der Waals surface area contributed by atoms with E-state index >= 15 is 0 Å². The molecular formula is C20H22Cl2N2O6S. The van der Waals surface area contributed by atoms with Gasteiger partial charge in [0.2, 0.25) is 10.0 Å². The largest absolute Gasteiger partial charge is 0.489 e. The summed E-state index contributed by atoms with van der Waals surface area (Å²) in [6.07, 6.45) is 0.585. The molecule has 2 unspecified atom stereocenters. The van der Waals surface area contributed by atoms with E-state index in [1.165, 1.54) is 36.7 Å². The van der Waals surface area contributed by atoms with Crippen LogP contribution in [0.5, 0.6) is 5.75 Å². The van der Waals surface area contributed by atoms with Gasteiger partial charge < -0.3 is 9.84 Å². The maximum atomic E-state index is 13.2. The lowest BCUT2D eigenvalue weighted by molar-refractivity contribution is -0.144. The van der Waals surface area contributed by atoms with Gasteiger partial charge in [0.25, 0.3) is 5.91 Å². The zero-order valence-corrected chi connectivity index (χ0v) is 18.9. The van der Waals surface area contributed by atoms with Crippen LogP contribution in [0.4, 0.5) is 0 Å². The highest BCUT2D eigenvalue weighted by Crippen LogP contribution is 2.33.